The average Bonchev–Trinajstić information content (AvgIpc) is 3.29. The molecule has 2 aliphatic rings. The Morgan fingerprint density at radius 1 is 1.09 bits per heavy atom. The van der Waals surface area contributed by atoms with E-state index in [-0.39, 0.29) is 23.8 Å². The van der Waals surface area contributed by atoms with E-state index in [9.17, 15) is 19.1 Å². The number of hydrogen-bond donors (Lipinski definition) is 3. The molecular formula is C35H50FN5O4Si. The van der Waals surface area contributed by atoms with E-state index in [1.807, 2.05) is 20.8 Å². The lowest BCUT2D eigenvalue weighted by Gasteiger charge is -2.43. The number of pyridine rings is 1. The molecule has 46 heavy (non-hydrogen) atoms. The Labute approximate surface area is 272 Å². The molecular weight excluding hydrogens is 602 g/mol. The third-order valence-corrected chi connectivity index (χ3v) is 11.1. The van der Waals surface area contributed by atoms with Crippen molar-refractivity contribution in [2.75, 3.05) is 17.2 Å². The van der Waals surface area contributed by atoms with Gasteiger partial charge in [-0.15, -0.1) is 0 Å². The van der Waals surface area contributed by atoms with Crippen LogP contribution in [0.25, 0.3) is 11.0 Å². The lowest BCUT2D eigenvalue weighted by molar-refractivity contribution is 0.0556. The fourth-order valence-corrected chi connectivity index (χ4v) is 7.42. The van der Waals surface area contributed by atoms with Gasteiger partial charge in [0, 0.05) is 55.3 Å². The first kappa shape index (κ1) is 33.9. The number of amides is 2. The highest BCUT2D eigenvalue weighted by molar-refractivity contribution is 6.76. The Hall–Kier alpha value is -3.44. The fraction of sp³-hybridized carbons (Fsp3) is 0.571. The molecule has 250 valence electrons. The van der Waals surface area contributed by atoms with Crippen LogP contribution < -0.4 is 10.6 Å². The normalized spacial score (nSPS) is 19.1. The zero-order valence-corrected chi connectivity index (χ0v) is 29.2. The summed E-state index contributed by atoms with van der Waals surface area (Å²) < 4.78 is 22.0. The van der Waals surface area contributed by atoms with Gasteiger partial charge in [-0.25, -0.2) is 14.2 Å². The number of benzene rings is 1. The van der Waals surface area contributed by atoms with Crippen molar-refractivity contribution in [3.63, 3.8) is 0 Å². The quantitative estimate of drug-likeness (QED) is 0.142. The van der Waals surface area contributed by atoms with Crippen LogP contribution in [0.15, 0.2) is 36.5 Å². The van der Waals surface area contributed by atoms with Gasteiger partial charge >= 0.3 is 6.09 Å². The van der Waals surface area contributed by atoms with E-state index in [4.69, 9.17) is 9.72 Å². The Morgan fingerprint density at radius 2 is 1.76 bits per heavy atom. The van der Waals surface area contributed by atoms with Gasteiger partial charge in [0.1, 0.15) is 18.2 Å². The number of carbonyl (C=O) groups is 2. The van der Waals surface area contributed by atoms with Crippen LogP contribution in [0.2, 0.25) is 25.7 Å². The number of nitrogens with one attached hydrogen (secondary N) is 2. The topological polar surface area (TPSA) is 109 Å². The van der Waals surface area contributed by atoms with Crippen molar-refractivity contribution in [1.82, 2.24) is 14.5 Å². The lowest BCUT2D eigenvalue weighted by atomic mass is 9.83. The molecule has 0 spiro atoms. The zero-order chi connectivity index (χ0) is 33.2. The van der Waals surface area contributed by atoms with Gasteiger partial charge in [0.15, 0.2) is 0 Å². The molecule has 3 N–H and O–H groups in total. The lowest BCUT2D eigenvalue weighted by Crippen LogP contribution is -2.52. The first-order valence-corrected chi connectivity index (χ1v) is 20.4. The molecule has 2 fully saturated rings. The van der Waals surface area contributed by atoms with Crippen molar-refractivity contribution in [2.45, 2.75) is 122 Å². The molecule has 0 radical (unpaired) electrons. The number of anilines is 2. The summed E-state index contributed by atoms with van der Waals surface area (Å²) in [5.74, 6) is -0.274. The van der Waals surface area contributed by atoms with Gasteiger partial charge < -0.3 is 29.9 Å². The average molecular weight is 652 g/mol. The summed E-state index contributed by atoms with van der Waals surface area (Å²) in [6, 6.07) is 8.98. The summed E-state index contributed by atoms with van der Waals surface area (Å²) in [7, 11) is -1.24. The molecule has 1 aromatic carbocycles. The van der Waals surface area contributed by atoms with E-state index in [2.05, 4.69) is 40.9 Å². The minimum Gasteiger partial charge on any atom is -0.465 e. The summed E-state index contributed by atoms with van der Waals surface area (Å²) >= 11 is 0. The van der Waals surface area contributed by atoms with Crippen LogP contribution in [-0.2, 0) is 11.5 Å². The van der Waals surface area contributed by atoms with E-state index in [1.54, 1.807) is 23.2 Å². The second kappa shape index (κ2) is 13.7. The molecule has 2 saturated carbocycles. The van der Waals surface area contributed by atoms with Gasteiger partial charge in [-0.1, -0.05) is 26.1 Å². The maximum atomic E-state index is 13.7. The van der Waals surface area contributed by atoms with Gasteiger partial charge in [0.05, 0.1) is 11.3 Å². The van der Waals surface area contributed by atoms with E-state index < -0.39 is 19.7 Å². The molecule has 11 heteroatoms. The summed E-state index contributed by atoms with van der Waals surface area (Å²) in [6.07, 6.45) is 7.15. The van der Waals surface area contributed by atoms with E-state index >= 15 is 0 Å². The summed E-state index contributed by atoms with van der Waals surface area (Å²) in [6.45, 7) is 13.9. The van der Waals surface area contributed by atoms with E-state index in [1.165, 1.54) is 24.2 Å². The summed E-state index contributed by atoms with van der Waals surface area (Å²) in [5, 5.41) is 17.5. The van der Waals surface area contributed by atoms with Gasteiger partial charge in [0.2, 0.25) is 0 Å². The molecule has 0 bridgehead atoms. The second-order valence-electron chi connectivity index (χ2n) is 15.2. The number of carboxylic acid groups (broad SMARTS) is 1. The highest BCUT2D eigenvalue weighted by Crippen LogP contribution is 2.41. The monoisotopic (exact) mass is 651 g/mol. The van der Waals surface area contributed by atoms with Gasteiger partial charge in [-0.3, -0.25) is 4.79 Å². The molecule has 9 nitrogen and oxygen atoms in total. The van der Waals surface area contributed by atoms with Crippen LogP contribution in [0, 0.1) is 5.82 Å². The van der Waals surface area contributed by atoms with Crippen LogP contribution in [0.1, 0.15) is 87.7 Å². The molecule has 2 heterocycles. The molecule has 2 amide bonds. The number of hydrogen-bond acceptors (Lipinski definition) is 5. The Balaban J connectivity index is 1.47. The van der Waals surface area contributed by atoms with Crippen molar-refractivity contribution >= 4 is 42.5 Å². The highest BCUT2D eigenvalue weighted by Gasteiger charge is 2.36. The highest BCUT2D eigenvalue weighted by atomic mass is 28.3. The number of rotatable bonds is 11. The van der Waals surface area contributed by atoms with Crippen molar-refractivity contribution in [2.24, 2.45) is 0 Å². The van der Waals surface area contributed by atoms with Crippen LogP contribution in [0.4, 0.5) is 20.6 Å². The number of aromatic nitrogens is 2. The molecule has 0 aliphatic heterocycles. The molecule has 0 saturated heterocycles. The van der Waals surface area contributed by atoms with Crippen molar-refractivity contribution in [3.8, 4) is 0 Å². The molecule has 2 aromatic heterocycles. The maximum Gasteiger partial charge on any atom is 0.407 e. The van der Waals surface area contributed by atoms with E-state index in [0.717, 1.165) is 61.3 Å². The fourth-order valence-electron chi connectivity index (χ4n) is 6.66. The smallest absolute Gasteiger partial charge is 0.407 e. The summed E-state index contributed by atoms with van der Waals surface area (Å²) in [5.41, 5.74) is 3.12. The third kappa shape index (κ3) is 7.91. The van der Waals surface area contributed by atoms with Crippen LogP contribution in [-0.4, -0.2) is 63.9 Å². The van der Waals surface area contributed by atoms with Crippen molar-refractivity contribution in [3.05, 3.63) is 53.6 Å². The van der Waals surface area contributed by atoms with Crippen LogP contribution in [0.3, 0.4) is 0 Å². The van der Waals surface area contributed by atoms with E-state index in [0.29, 0.717) is 30.5 Å². The predicted octanol–water partition coefficient (Wildman–Crippen LogP) is 8.51. The summed E-state index contributed by atoms with van der Waals surface area (Å²) in [4.78, 5) is 32.3. The molecule has 3 aromatic rings. The van der Waals surface area contributed by atoms with Crippen molar-refractivity contribution in [1.29, 1.82) is 0 Å². The first-order valence-electron chi connectivity index (χ1n) is 16.7. The minimum atomic E-state index is -1.24. The van der Waals surface area contributed by atoms with Gasteiger partial charge in [-0.05, 0) is 102 Å². The van der Waals surface area contributed by atoms with Gasteiger partial charge in [0.25, 0.3) is 5.91 Å². The van der Waals surface area contributed by atoms with Crippen molar-refractivity contribution < 1.29 is 23.8 Å². The van der Waals surface area contributed by atoms with Crippen LogP contribution >= 0.6 is 0 Å². The molecule has 2 aliphatic carbocycles. The SMILES string of the molecule is CC(C)(C)N(C(=O)O)C1CCC(Nc2c(C(=O)Nc3ccc(F)cc3)cnc3c2cc(C2CCC2)n3COCC[Si](C)(C)C)CC1. The minimum absolute atomic E-state index is 0.0540. The second-order valence-corrected chi connectivity index (χ2v) is 20.8. The van der Waals surface area contributed by atoms with Gasteiger partial charge in [-0.2, -0.15) is 0 Å². The Kier molecular flexibility index (Phi) is 10.1. The number of halogens is 1. The number of fused-ring (bicyclic) bond motifs is 1. The third-order valence-electron chi connectivity index (χ3n) is 9.38. The van der Waals surface area contributed by atoms with Crippen LogP contribution in [0.5, 0.6) is 0 Å². The number of carbonyl (C=O) groups excluding carboxylic acids is 1. The largest absolute Gasteiger partial charge is 0.465 e. The number of ether oxygens (including phenoxy) is 1. The maximum absolute atomic E-state index is 13.7. The zero-order valence-electron chi connectivity index (χ0n) is 28.2. The standard InChI is InChI=1S/C35H50FN5O4Si/c1-35(2,3)41(34(43)44)27-16-14-25(15-17-27)38-31-28-20-30(23-8-7-9-23)40(22-45-18-19-46(4,5)6)32(28)37-21-29(31)33(42)39-26-12-10-24(36)11-13-26/h10-13,20-21,23,25,27H,7-9,14-19,22H2,1-6H3,(H,37,38)(H,39,42)(H,43,44). The Bertz CT molecular complexity index is 1530. The molecule has 0 atom stereocenters. The molecule has 0 unspecified atom stereocenters. The molecule has 5 rings (SSSR count). The number of nitrogens with zero attached hydrogens (tertiary/aromatic N) is 3. The predicted molar refractivity (Wildman–Crippen MR) is 184 cm³/mol. The Morgan fingerprint density at radius 3 is 2.33 bits per heavy atom. The first-order chi connectivity index (χ1) is 21.7.